The fraction of sp³-hybridized carbons (Fsp3) is 0.259. The zero-order valence-corrected chi connectivity index (χ0v) is 20.5. The molecule has 180 valence electrons. The summed E-state index contributed by atoms with van der Waals surface area (Å²) in [7, 11) is -3.39. The highest BCUT2D eigenvalue weighted by molar-refractivity contribution is 7.88. The maximum Gasteiger partial charge on any atom is 0.211 e. The number of aromatic amines is 1. The van der Waals surface area contributed by atoms with Gasteiger partial charge in [-0.2, -0.15) is 4.31 Å². The van der Waals surface area contributed by atoms with Gasteiger partial charge in [-0.05, 0) is 58.9 Å². The van der Waals surface area contributed by atoms with Crippen LogP contribution < -0.4 is 4.90 Å². The highest BCUT2D eigenvalue weighted by atomic mass is 32.2. The summed E-state index contributed by atoms with van der Waals surface area (Å²) < 4.78 is 27.3. The second-order valence-corrected chi connectivity index (χ2v) is 11.1. The number of anilines is 1. The van der Waals surface area contributed by atoms with Crippen molar-refractivity contribution < 1.29 is 8.42 Å². The molecule has 7 nitrogen and oxygen atoms in total. The van der Waals surface area contributed by atoms with Crippen molar-refractivity contribution in [2.45, 2.75) is 19.5 Å². The first-order valence-corrected chi connectivity index (χ1v) is 13.5. The molecular formula is C27H29N5O2S. The van der Waals surface area contributed by atoms with E-state index >= 15 is 0 Å². The molecule has 0 amide bonds. The maximum atomic E-state index is 12.8. The smallest absolute Gasteiger partial charge is 0.211 e. The molecule has 2 aromatic heterocycles. The first-order chi connectivity index (χ1) is 17.0. The number of benzene rings is 2. The van der Waals surface area contributed by atoms with E-state index in [0.717, 1.165) is 41.0 Å². The number of fused-ring (bicyclic) bond motifs is 1. The second kappa shape index (κ2) is 10.0. The molecule has 0 saturated carbocycles. The second-order valence-electron chi connectivity index (χ2n) is 9.15. The Balaban J connectivity index is 1.56. The summed E-state index contributed by atoms with van der Waals surface area (Å²) in [5, 5.41) is 0. The Morgan fingerprint density at radius 2 is 1.77 bits per heavy atom. The highest BCUT2D eigenvalue weighted by Crippen LogP contribution is 2.33. The molecule has 3 heterocycles. The van der Waals surface area contributed by atoms with Gasteiger partial charge in [-0.1, -0.05) is 36.4 Å². The fourth-order valence-electron chi connectivity index (χ4n) is 4.81. The van der Waals surface area contributed by atoms with Crippen LogP contribution in [0, 0.1) is 5.92 Å². The summed E-state index contributed by atoms with van der Waals surface area (Å²) in [5.41, 5.74) is 6.36. The van der Waals surface area contributed by atoms with Crippen LogP contribution in [0.25, 0.3) is 11.1 Å². The molecule has 0 unspecified atom stereocenters. The zero-order valence-electron chi connectivity index (χ0n) is 19.7. The number of rotatable bonds is 6. The molecular weight excluding hydrogens is 458 g/mol. The number of pyridine rings is 1. The van der Waals surface area contributed by atoms with Crippen LogP contribution in [0.3, 0.4) is 0 Å². The number of nitrogens with zero attached hydrogens (tertiary/aromatic N) is 4. The molecule has 0 radical (unpaired) electrons. The summed E-state index contributed by atoms with van der Waals surface area (Å²) in [6.45, 7) is 2.19. The van der Waals surface area contributed by atoms with Crippen molar-refractivity contribution in [3.05, 3.63) is 102 Å². The van der Waals surface area contributed by atoms with Crippen molar-refractivity contribution in [1.29, 1.82) is 0 Å². The lowest BCUT2D eigenvalue weighted by Gasteiger charge is -2.37. The molecule has 0 aliphatic carbocycles. The minimum absolute atomic E-state index is 0.128. The van der Waals surface area contributed by atoms with E-state index in [1.165, 1.54) is 11.8 Å². The molecule has 8 heteroatoms. The quantitative estimate of drug-likeness (QED) is 0.443. The molecule has 0 spiro atoms. The molecule has 1 N–H and O–H groups in total. The third-order valence-corrected chi connectivity index (χ3v) is 7.69. The third-order valence-electron chi connectivity index (χ3n) is 6.47. The van der Waals surface area contributed by atoms with E-state index in [1.54, 1.807) is 23.0 Å². The molecule has 35 heavy (non-hydrogen) atoms. The normalized spacial score (nSPS) is 16.9. The van der Waals surface area contributed by atoms with Gasteiger partial charge in [-0.3, -0.25) is 4.98 Å². The number of hydrogen-bond acceptors (Lipinski definition) is 5. The molecule has 1 aliphatic rings. The van der Waals surface area contributed by atoms with Crippen LogP contribution in [0.15, 0.2) is 85.6 Å². The predicted molar refractivity (Wildman–Crippen MR) is 138 cm³/mol. The van der Waals surface area contributed by atoms with Crippen molar-refractivity contribution in [2.24, 2.45) is 5.92 Å². The van der Waals surface area contributed by atoms with Gasteiger partial charge in [0.25, 0.3) is 0 Å². The zero-order chi connectivity index (χ0) is 24.3. The van der Waals surface area contributed by atoms with Crippen molar-refractivity contribution in [2.75, 3.05) is 24.2 Å². The van der Waals surface area contributed by atoms with Crippen molar-refractivity contribution in [3.8, 4) is 11.1 Å². The van der Waals surface area contributed by atoms with Gasteiger partial charge in [0.15, 0.2) is 0 Å². The standard InChI is InChI=1S/C27H29N5O2S/c1-35(33,34)32-17-22(13-21-5-3-2-4-6-21)16-31(19-26-15-29-20-30-26)27-8-7-24(14-25(27)18-32)23-9-11-28-12-10-23/h2-12,14-15,20,22H,13,16-19H2,1H3,(H,29,30)/t22-/m1/s1. The first-order valence-electron chi connectivity index (χ1n) is 11.7. The highest BCUT2D eigenvalue weighted by Gasteiger charge is 2.29. The Hall–Kier alpha value is -3.49. The Kier molecular flexibility index (Phi) is 6.66. The van der Waals surface area contributed by atoms with Crippen molar-refractivity contribution >= 4 is 15.7 Å². The van der Waals surface area contributed by atoms with Crippen LogP contribution >= 0.6 is 0 Å². The van der Waals surface area contributed by atoms with Gasteiger partial charge in [-0.25, -0.2) is 13.4 Å². The van der Waals surface area contributed by atoms with Crippen LogP contribution in [0.1, 0.15) is 16.8 Å². The number of H-pyrrole nitrogens is 1. The average Bonchev–Trinajstić information content (AvgIpc) is 3.36. The Morgan fingerprint density at radius 3 is 2.49 bits per heavy atom. The minimum atomic E-state index is -3.39. The van der Waals surface area contributed by atoms with Crippen LogP contribution in [-0.2, 0) is 29.5 Å². The number of imidazole rings is 1. The van der Waals surface area contributed by atoms with Crippen LogP contribution in [0.2, 0.25) is 0 Å². The SMILES string of the molecule is CS(=O)(=O)N1Cc2cc(-c3ccncc3)ccc2N(Cc2cnc[nH]2)C[C@@H](Cc2ccccc2)C1. The average molecular weight is 488 g/mol. The fourth-order valence-corrected chi connectivity index (χ4v) is 5.67. The van der Waals surface area contributed by atoms with E-state index in [2.05, 4.69) is 50.2 Å². The van der Waals surface area contributed by atoms with E-state index in [-0.39, 0.29) is 5.92 Å². The van der Waals surface area contributed by atoms with Gasteiger partial charge in [0.05, 0.1) is 24.8 Å². The lowest BCUT2D eigenvalue weighted by Crippen LogP contribution is -2.42. The monoisotopic (exact) mass is 487 g/mol. The van der Waals surface area contributed by atoms with E-state index in [4.69, 9.17) is 0 Å². The molecule has 0 bridgehead atoms. The van der Waals surface area contributed by atoms with E-state index < -0.39 is 10.0 Å². The minimum Gasteiger partial charge on any atom is -0.365 e. The summed E-state index contributed by atoms with van der Waals surface area (Å²) in [6.07, 6.45) is 9.19. The van der Waals surface area contributed by atoms with Crippen molar-refractivity contribution in [1.82, 2.24) is 19.3 Å². The molecule has 0 saturated heterocycles. The number of sulfonamides is 1. The lowest BCUT2D eigenvalue weighted by atomic mass is 9.95. The Labute approximate surface area is 206 Å². The largest absolute Gasteiger partial charge is 0.365 e. The maximum absolute atomic E-state index is 12.8. The molecule has 1 atom stereocenters. The van der Waals surface area contributed by atoms with Gasteiger partial charge in [0, 0.05) is 43.9 Å². The topological polar surface area (TPSA) is 82.2 Å². The van der Waals surface area contributed by atoms with Crippen LogP contribution in [0.4, 0.5) is 5.69 Å². The predicted octanol–water partition coefficient (Wildman–Crippen LogP) is 4.11. The molecule has 4 aromatic rings. The van der Waals surface area contributed by atoms with E-state index in [0.29, 0.717) is 19.6 Å². The number of hydrogen-bond donors (Lipinski definition) is 1. The first kappa shape index (κ1) is 23.3. The molecule has 0 fully saturated rings. The van der Waals surface area contributed by atoms with Gasteiger partial charge in [0.2, 0.25) is 10.0 Å². The Bertz CT molecular complexity index is 1360. The molecule has 2 aromatic carbocycles. The van der Waals surface area contributed by atoms with E-state index in [1.807, 2.05) is 36.5 Å². The lowest BCUT2D eigenvalue weighted by molar-refractivity contribution is 0.328. The van der Waals surface area contributed by atoms with Crippen LogP contribution in [-0.4, -0.2) is 47.0 Å². The summed E-state index contributed by atoms with van der Waals surface area (Å²) >= 11 is 0. The summed E-state index contributed by atoms with van der Waals surface area (Å²) in [5.74, 6) is 0.128. The number of aromatic nitrogens is 3. The van der Waals surface area contributed by atoms with Gasteiger partial charge >= 0.3 is 0 Å². The van der Waals surface area contributed by atoms with Crippen LogP contribution in [0.5, 0.6) is 0 Å². The third kappa shape index (κ3) is 5.61. The van der Waals surface area contributed by atoms with E-state index in [9.17, 15) is 8.42 Å². The summed E-state index contributed by atoms with van der Waals surface area (Å²) in [6, 6.07) is 20.6. The van der Waals surface area contributed by atoms with Gasteiger partial charge < -0.3 is 9.88 Å². The van der Waals surface area contributed by atoms with Gasteiger partial charge in [0.1, 0.15) is 0 Å². The van der Waals surface area contributed by atoms with Crippen molar-refractivity contribution in [3.63, 3.8) is 0 Å². The molecule has 1 aliphatic heterocycles. The summed E-state index contributed by atoms with van der Waals surface area (Å²) in [4.78, 5) is 13.9. The van der Waals surface area contributed by atoms with Gasteiger partial charge in [-0.15, -0.1) is 0 Å². The number of nitrogens with one attached hydrogen (secondary N) is 1. The Morgan fingerprint density at radius 1 is 0.971 bits per heavy atom. The molecule has 5 rings (SSSR count).